The normalized spacial score (nSPS) is 12.7. The van der Waals surface area contributed by atoms with Crippen LogP contribution in [-0.2, 0) is 16.2 Å². The highest BCUT2D eigenvalue weighted by Crippen LogP contribution is 2.53. The Balaban J connectivity index is 1.23. The maximum atomic E-state index is 7.19. The Morgan fingerprint density at radius 1 is 0.368 bits per heavy atom. The number of hydrogen-bond acceptors (Lipinski definition) is 4. The first-order valence-electron chi connectivity index (χ1n) is 23.8. The van der Waals surface area contributed by atoms with E-state index in [2.05, 4.69) is 236 Å². The van der Waals surface area contributed by atoms with Gasteiger partial charge in [0, 0.05) is 60.6 Å². The molecule has 0 unspecified atom stereocenters. The fourth-order valence-corrected chi connectivity index (χ4v) is 10.7. The lowest BCUT2D eigenvalue weighted by Crippen LogP contribution is -2.15. The summed E-state index contributed by atoms with van der Waals surface area (Å²) in [6, 6.07) is 66.1. The Hall–Kier alpha value is -7.74. The summed E-state index contributed by atoms with van der Waals surface area (Å²) in [7, 11) is 0. The summed E-state index contributed by atoms with van der Waals surface area (Å²) < 4.78 is 14.4. The van der Waals surface area contributed by atoms with E-state index in [4.69, 9.17) is 8.83 Å². The number of fused-ring (bicyclic) bond motifs is 6. The van der Waals surface area contributed by atoms with Crippen molar-refractivity contribution in [3.63, 3.8) is 0 Å². The van der Waals surface area contributed by atoms with Gasteiger partial charge in [-0.3, -0.25) is 0 Å². The molecular formula is C64H54N2O2. The molecule has 2 heterocycles. The van der Waals surface area contributed by atoms with E-state index in [0.29, 0.717) is 0 Å². The molecule has 4 nitrogen and oxygen atoms in total. The van der Waals surface area contributed by atoms with Gasteiger partial charge in [0.15, 0.2) is 11.2 Å². The number of hydrogen-bond donors (Lipinski definition) is 0. The lowest BCUT2D eigenvalue weighted by molar-refractivity contribution is 0.572. The highest BCUT2D eigenvalue weighted by Gasteiger charge is 2.30. The Morgan fingerprint density at radius 2 is 0.853 bits per heavy atom. The van der Waals surface area contributed by atoms with E-state index < -0.39 is 0 Å². The first-order valence-corrected chi connectivity index (χ1v) is 23.8. The quantitative estimate of drug-likeness (QED) is 0.156. The van der Waals surface area contributed by atoms with Crippen molar-refractivity contribution in [2.24, 2.45) is 0 Å². The third-order valence-electron chi connectivity index (χ3n) is 14.0. The van der Waals surface area contributed by atoms with Crippen molar-refractivity contribution in [3.8, 4) is 0 Å². The molecule has 332 valence electrons. The van der Waals surface area contributed by atoms with Crippen molar-refractivity contribution in [1.29, 1.82) is 0 Å². The molecule has 0 saturated carbocycles. The molecule has 12 rings (SSSR count). The zero-order chi connectivity index (χ0) is 46.9. The number of nitrogens with zero attached hydrogens (tertiary/aromatic N) is 2. The van der Waals surface area contributed by atoms with E-state index in [9.17, 15) is 0 Å². The minimum absolute atomic E-state index is 0.0290. The van der Waals surface area contributed by atoms with Crippen molar-refractivity contribution < 1.29 is 8.83 Å². The van der Waals surface area contributed by atoms with Gasteiger partial charge >= 0.3 is 0 Å². The van der Waals surface area contributed by atoms with E-state index in [0.717, 1.165) is 88.8 Å². The fourth-order valence-electron chi connectivity index (χ4n) is 10.7. The van der Waals surface area contributed by atoms with Crippen LogP contribution >= 0.6 is 0 Å². The number of anilines is 6. The van der Waals surface area contributed by atoms with Crippen LogP contribution in [0.15, 0.2) is 173 Å². The molecule has 0 N–H and O–H groups in total. The molecule has 0 saturated heterocycles. The van der Waals surface area contributed by atoms with E-state index >= 15 is 0 Å². The molecule has 12 aromatic rings. The standard InChI is InChI=1S/C64H54N2O2/c1-62(2,3)41-36-39-32-34-48-54(65(42-20-12-10-13-21-42)52-30-18-26-46-44-24-16-28-50(63(4,5)6)58(44)67-60(46)52)38-55(49-35-33-40(37-41)56(39)57(48)49)66(43-22-14-11-15-23-43)53-31-19-27-47-45-25-17-29-51(64(7,8)9)59(45)68-61(47)53/h10,12-14,16-38H,1-9H3. The maximum Gasteiger partial charge on any atom is 0.159 e. The maximum absolute atomic E-state index is 7.19. The highest BCUT2D eigenvalue weighted by atomic mass is 16.3. The van der Waals surface area contributed by atoms with Gasteiger partial charge in [-0.25, -0.2) is 0 Å². The van der Waals surface area contributed by atoms with E-state index in [1.807, 2.05) is 12.1 Å². The first-order chi connectivity index (χ1) is 32.6. The van der Waals surface area contributed by atoms with E-state index in [-0.39, 0.29) is 16.2 Å². The van der Waals surface area contributed by atoms with Crippen molar-refractivity contribution in [2.45, 2.75) is 78.6 Å². The Bertz CT molecular complexity index is 3670. The molecule has 0 radical (unpaired) electrons. The van der Waals surface area contributed by atoms with Gasteiger partial charge < -0.3 is 18.6 Å². The number of para-hydroxylation sites is 5. The second kappa shape index (κ2) is 14.9. The highest BCUT2D eigenvalue weighted by molar-refractivity contribution is 6.29. The van der Waals surface area contributed by atoms with Gasteiger partial charge in [0.05, 0.1) is 28.4 Å². The van der Waals surface area contributed by atoms with Crippen molar-refractivity contribution in [2.75, 3.05) is 9.80 Å². The van der Waals surface area contributed by atoms with Crippen molar-refractivity contribution >= 4 is 110 Å². The third-order valence-corrected chi connectivity index (χ3v) is 14.0. The number of benzene rings is 9. The molecule has 68 heavy (non-hydrogen) atoms. The van der Waals surface area contributed by atoms with Crippen LogP contribution in [0.2, 0.25) is 0 Å². The summed E-state index contributed by atoms with van der Waals surface area (Å²) in [6.07, 6.45) is 0. The molecule has 4 heteroatoms. The summed E-state index contributed by atoms with van der Waals surface area (Å²) in [5, 5.41) is 11.5. The summed E-state index contributed by atoms with van der Waals surface area (Å²) in [4.78, 5) is 4.79. The summed E-state index contributed by atoms with van der Waals surface area (Å²) in [5.41, 5.74) is 12.8. The molecule has 0 aliphatic rings. The Labute approximate surface area is 398 Å². The van der Waals surface area contributed by atoms with Crippen LogP contribution in [0.25, 0.3) is 76.2 Å². The first kappa shape index (κ1) is 41.7. The third kappa shape index (κ3) is 6.44. The summed E-state index contributed by atoms with van der Waals surface area (Å²) >= 11 is 0. The van der Waals surface area contributed by atoms with Crippen LogP contribution < -0.4 is 9.80 Å². The second-order valence-electron chi connectivity index (χ2n) is 21.6. The fraction of sp³-hybridized carbons (Fsp3) is 0.188. The molecule has 0 bridgehead atoms. The van der Waals surface area contributed by atoms with Gasteiger partial charge in [0.1, 0.15) is 11.2 Å². The topological polar surface area (TPSA) is 32.8 Å². The Kier molecular flexibility index (Phi) is 9.12. The predicted molar refractivity (Wildman–Crippen MR) is 288 cm³/mol. The monoisotopic (exact) mass is 882 g/mol. The summed E-state index contributed by atoms with van der Waals surface area (Å²) in [5.74, 6) is 0. The van der Waals surface area contributed by atoms with E-state index in [1.165, 1.54) is 38.2 Å². The number of rotatable bonds is 6. The van der Waals surface area contributed by atoms with Crippen LogP contribution in [0.1, 0.15) is 79.0 Å². The van der Waals surface area contributed by atoms with Gasteiger partial charge in [-0.05, 0) is 80.4 Å². The molecular weight excluding hydrogens is 829 g/mol. The number of furan rings is 2. The van der Waals surface area contributed by atoms with Gasteiger partial charge in [0.2, 0.25) is 0 Å². The zero-order valence-corrected chi connectivity index (χ0v) is 40.3. The smallest absolute Gasteiger partial charge is 0.159 e. The van der Waals surface area contributed by atoms with Crippen LogP contribution in [0.5, 0.6) is 0 Å². The molecule has 0 amide bonds. The van der Waals surface area contributed by atoms with Crippen molar-refractivity contribution in [1.82, 2.24) is 0 Å². The summed E-state index contributed by atoms with van der Waals surface area (Å²) in [6.45, 7) is 20.4. The minimum Gasteiger partial charge on any atom is -0.454 e. The van der Waals surface area contributed by atoms with Gasteiger partial charge in [0.25, 0.3) is 0 Å². The lowest BCUT2D eigenvalue weighted by Gasteiger charge is -2.32. The lowest BCUT2D eigenvalue weighted by atomic mass is 9.83. The van der Waals surface area contributed by atoms with Crippen LogP contribution in [0, 0.1) is 12.1 Å². The van der Waals surface area contributed by atoms with Crippen LogP contribution in [0.3, 0.4) is 0 Å². The van der Waals surface area contributed by atoms with Crippen LogP contribution in [-0.4, -0.2) is 0 Å². The van der Waals surface area contributed by atoms with E-state index in [1.54, 1.807) is 0 Å². The van der Waals surface area contributed by atoms with Gasteiger partial charge in [-0.15, -0.1) is 0 Å². The van der Waals surface area contributed by atoms with Crippen molar-refractivity contribution in [3.05, 3.63) is 193 Å². The minimum atomic E-state index is -0.122. The zero-order valence-electron chi connectivity index (χ0n) is 40.3. The second-order valence-corrected chi connectivity index (χ2v) is 21.6. The Morgan fingerprint density at radius 3 is 1.32 bits per heavy atom. The largest absolute Gasteiger partial charge is 0.454 e. The molecule has 0 fully saturated rings. The average Bonchev–Trinajstić information content (AvgIpc) is 3.91. The molecule has 0 aliphatic carbocycles. The molecule has 0 spiro atoms. The predicted octanol–water partition coefficient (Wildman–Crippen LogP) is 18.8. The molecule has 10 aromatic carbocycles. The molecule has 2 aromatic heterocycles. The average molecular weight is 883 g/mol. The SMILES string of the molecule is CC(C)(C)c1cc2ccc3c(N(c4cc#ccc4)c4cccc5c4oc4c(C(C)(C)C)cccc45)cc(N(c4ccccc4)c4cccc5c4oc4c(C(C)(C)C)cccc45)c4ccc(c1)c2c34. The van der Waals surface area contributed by atoms with Gasteiger partial charge in [-0.1, -0.05) is 190 Å². The van der Waals surface area contributed by atoms with Gasteiger partial charge in [-0.2, -0.15) is 0 Å². The molecule has 0 atom stereocenters. The molecule has 0 aliphatic heterocycles. The van der Waals surface area contributed by atoms with Crippen LogP contribution in [0.4, 0.5) is 34.1 Å².